The zero-order chi connectivity index (χ0) is 15.6. The van der Waals surface area contributed by atoms with E-state index in [1.807, 2.05) is 6.92 Å². The van der Waals surface area contributed by atoms with Crippen LogP contribution in [0.1, 0.15) is 36.8 Å². The number of hydrogen-bond acceptors (Lipinski definition) is 5. The number of hydrogen-bond donors (Lipinski definition) is 2. The molecule has 0 aliphatic rings. The molecule has 0 aromatic carbocycles. The number of nitrogens with two attached hydrogens (primary N) is 1. The highest BCUT2D eigenvalue weighted by atomic mass is 16.4. The van der Waals surface area contributed by atoms with E-state index in [9.17, 15) is 14.7 Å². The fraction of sp³-hybridized carbons (Fsp3) is 0.417. The highest BCUT2D eigenvalue weighted by molar-refractivity contribution is 5.93. The summed E-state index contributed by atoms with van der Waals surface area (Å²) in [6.45, 7) is 4.30. The van der Waals surface area contributed by atoms with Crippen LogP contribution in [0.15, 0.2) is 12.4 Å². The van der Waals surface area contributed by atoms with E-state index in [0.29, 0.717) is 18.5 Å². The predicted molar refractivity (Wildman–Crippen MR) is 72.4 cm³/mol. The van der Waals surface area contributed by atoms with E-state index in [4.69, 9.17) is 5.73 Å². The maximum atomic E-state index is 11.5. The highest BCUT2D eigenvalue weighted by Gasteiger charge is 2.27. The molecule has 0 aliphatic carbocycles. The third-order valence-electron chi connectivity index (χ3n) is 3.14. The average Bonchev–Trinajstić information content (AvgIpc) is 3.04. The van der Waals surface area contributed by atoms with Gasteiger partial charge in [-0.25, -0.2) is 9.48 Å². The maximum absolute atomic E-state index is 11.5. The van der Waals surface area contributed by atoms with Crippen LogP contribution in [0.2, 0.25) is 0 Å². The molecule has 112 valence electrons. The molecule has 0 saturated carbocycles. The van der Waals surface area contributed by atoms with Gasteiger partial charge >= 0.3 is 5.97 Å². The van der Waals surface area contributed by atoms with Crippen molar-refractivity contribution < 1.29 is 14.7 Å². The first-order chi connectivity index (χ1) is 9.99. The Kier molecular flexibility index (Phi) is 4.01. The molecule has 2 aromatic heterocycles. The quantitative estimate of drug-likeness (QED) is 0.787. The number of nitrogens with zero attached hydrogens (tertiary/aromatic N) is 5. The molecule has 0 bridgehead atoms. The van der Waals surface area contributed by atoms with Crippen molar-refractivity contribution in [3.63, 3.8) is 0 Å². The van der Waals surface area contributed by atoms with Gasteiger partial charge in [0, 0.05) is 18.3 Å². The molecule has 0 radical (unpaired) electrons. The van der Waals surface area contributed by atoms with Crippen LogP contribution in [0.3, 0.4) is 0 Å². The molecule has 0 spiro atoms. The van der Waals surface area contributed by atoms with Gasteiger partial charge in [-0.05, 0) is 13.3 Å². The number of carbonyl (C=O) groups is 2. The first-order valence-electron chi connectivity index (χ1n) is 6.50. The van der Waals surface area contributed by atoms with E-state index in [1.54, 1.807) is 17.8 Å². The summed E-state index contributed by atoms with van der Waals surface area (Å²) in [4.78, 5) is 22.8. The van der Waals surface area contributed by atoms with E-state index in [0.717, 1.165) is 0 Å². The lowest BCUT2D eigenvalue weighted by atomic mass is 10.1. The molecule has 9 nitrogen and oxygen atoms in total. The summed E-state index contributed by atoms with van der Waals surface area (Å²) in [5.74, 6) is -1.82. The van der Waals surface area contributed by atoms with Gasteiger partial charge in [-0.3, -0.25) is 9.48 Å². The number of rotatable bonds is 6. The fourth-order valence-electron chi connectivity index (χ4n) is 2.08. The summed E-state index contributed by atoms with van der Waals surface area (Å²) in [5, 5.41) is 20.8. The second kappa shape index (κ2) is 5.73. The molecule has 0 aliphatic heterocycles. The number of amides is 1. The topological polar surface area (TPSA) is 129 Å². The number of carbonyl (C=O) groups excluding carboxylic acids is 1. The van der Waals surface area contributed by atoms with Crippen LogP contribution in [0.25, 0.3) is 11.3 Å². The summed E-state index contributed by atoms with van der Waals surface area (Å²) < 4.78 is 2.90. The Morgan fingerprint density at radius 1 is 1.43 bits per heavy atom. The van der Waals surface area contributed by atoms with Crippen LogP contribution in [0.5, 0.6) is 0 Å². The van der Waals surface area contributed by atoms with Gasteiger partial charge in [-0.1, -0.05) is 12.1 Å². The molecule has 2 rings (SSSR count). The van der Waals surface area contributed by atoms with Gasteiger partial charge in [-0.2, -0.15) is 5.10 Å². The van der Waals surface area contributed by atoms with E-state index < -0.39 is 17.9 Å². The molecule has 21 heavy (non-hydrogen) atoms. The SMILES string of the molecule is CCC(C(N)=O)n1nnc(C(=O)O)c1-c1cnn(CC)c1. The molecule has 3 N–H and O–H groups in total. The number of aromatic carboxylic acids is 1. The standard InChI is InChI=1S/C12H16N6O3/c1-3-8(11(13)19)18-10(9(12(20)21)15-16-18)7-5-14-17(4-2)6-7/h5-6,8H,3-4H2,1-2H3,(H2,13,19)(H,20,21). The number of primary amides is 1. The molecule has 2 aromatic rings. The molecular weight excluding hydrogens is 276 g/mol. The summed E-state index contributed by atoms with van der Waals surface area (Å²) >= 11 is 0. The Hall–Kier alpha value is -2.71. The van der Waals surface area contributed by atoms with Gasteiger partial charge in [0.1, 0.15) is 11.7 Å². The first-order valence-corrected chi connectivity index (χ1v) is 6.50. The van der Waals surface area contributed by atoms with Gasteiger partial charge < -0.3 is 10.8 Å². The number of aromatic nitrogens is 5. The van der Waals surface area contributed by atoms with Crippen molar-refractivity contribution >= 4 is 11.9 Å². The molecule has 0 fully saturated rings. The van der Waals surface area contributed by atoms with E-state index in [-0.39, 0.29) is 11.4 Å². The lowest BCUT2D eigenvalue weighted by Gasteiger charge is -2.13. The Labute approximate surface area is 120 Å². The van der Waals surface area contributed by atoms with E-state index >= 15 is 0 Å². The second-order valence-electron chi connectivity index (χ2n) is 4.45. The summed E-state index contributed by atoms with van der Waals surface area (Å²) in [6, 6.07) is -0.759. The number of aryl methyl sites for hydroxylation is 1. The van der Waals surface area contributed by atoms with Gasteiger partial charge in [0.2, 0.25) is 5.91 Å². The number of carboxylic acids is 1. The zero-order valence-corrected chi connectivity index (χ0v) is 11.7. The van der Waals surface area contributed by atoms with Crippen molar-refractivity contribution in [1.29, 1.82) is 0 Å². The first kappa shape index (κ1) is 14.7. The van der Waals surface area contributed by atoms with Crippen molar-refractivity contribution in [3.05, 3.63) is 18.1 Å². The largest absolute Gasteiger partial charge is 0.476 e. The smallest absolute Gasteiger partial charge is 0.358 e. The van der Waals surface area contributed by atoms with Crippen molar-refractivity contribution in [2.75, 3.05) is 0 Å². The van der Waals surface area contributed by atoms with Crippen LogP contribution in [0.4, 0.5) is 0 Å². The number of carboxylic acid groups (broad SMARTS) is 1. The fourth-order valence-corrected chi connectivity index (χ4v) is 2.08. The minimum Gasteiger partial charge on any atom is -0.476 e. The zero-order valence-electron chi connectivity index (χ0n) is 11.7. The lowest BCUT2D eigenvalue weighted by Crippen LogP contribution is -2.27. The molecule has 9 heteroatoms. The van der Waals surface area contributed by atoms with Crippen LogP contribution in [-0.2, 0) is 11.3 Å². The van der Waals surface area contributed by atoms with Crippen LogP contribution in [0, 0.1) is 0 Å². The molecular formula is C12H16N6O3. The second-order valence-corrected chi connectivity index (χ2v) is 4.45. The Morgan fingerprint density at radius 3 is 2.62 bits per heavy atom. The van der Waals surface area contributed by atoms with Gasteiger partial charge in [0.15, 0.2) is 5.69 Å². The van der Waals surface area contributed by atoms with Crippen molar-refractivity contribution in [2.45, 2.75) is 32.9 Å². The van der Waals surface area contributed by atoms with E-state index in [2.05, 4.69) is 15.4 Å². The predicted octanol–water partition coefficient (Wildman–Crippen LogP) is 0.296. The summed E-state index contributed by atoms with van der Waals surface area (Å²) in [7, 11) is 0. The van der Waals surface area contributed by atoms with Crippen LogP contribution in [-0.4, -0.2) is 41.8 Å². The monoisotopic (exact) mass is 292 g/mol. The van der Waals surface area contributed by atoms with E-state index in [1.165, 1.54) is 10.9 Å². The minimum atomic E-state index is -1.22. The normalized spacial score (nSPS) is 12.3. The average molecular weight is 292 g/mol. The van der Waals surface area contributed by atoms with Crippen molar-refractivity contribution in [1.82, 2.24) is 24.8 Å². The van der Waals surface area contributed by atoms with Gasteiger partial charge in [0.05, 0.1) is 6.20 Å². The summed E-state index contributed by atoms with van der Waals surface area (Å²) in [6.07, 6.45) is 3.57. The Morgan fingerprint density at radius 2 is 2.14 bits per heavy atom. The van der Waals surface area contributed by atoms with Crippen molar-refractivity contribution in [3.8, 4) is 11.3 Å². The molecule has 0 saturated heterocycles. The van der Waals surface area contributed by atoms with Gasteiger partial charge in [-0.15, -0.1) is 5.10 Å². The summed E-state index contributed by atoms with van der Waals surface area (Å²) in [5.41, 5.74) is 5.87. The van der Waals surface area contributed by atoms with Crippen LogP contribution < -0.4 is 5.73 Å². The maximum Gasteiger partial charge on any atom is 0.358 e. The Balaban J connectivity index is 2.62. The Bertz CT molecular complexity index is 674. The third-order valence-corrected chi connectivity index (χ3v) is 3.14. The minimum absolute atomic E-state index is 0.229. The van der Waals surface area contributed by atoms with Gasteiger partial charge in [0.25, 0.3) is 0 Å². The molecule has 2 heterocycles. The lowest BCUT2D eigenvalue weighted by molar-refractivity contribution is -0.121. The highest BCUT2D eigenvalue weighted by Crippen LogP contribution is 2.26. The van der Waals surface area contributed by atoms with Crippen molar-refractivity contribution in [2.24, 2.45) is 5.73 Å². The molecule has 1 unspecified atom stereocenters. The molecule has 1 amide bonds. The molecule has 1 atom stereocenters. The third kappa shape index (κ3) is 2.62. The van der Waals surface area contributed by atoms with Crippen LogP contribution >= 0.6 is 0 Å².